The van der Waals surface area contributed by atoms with Crippen LogP contribution in [0, 0.1) is 0 Å². The van der Waals surface area contributed by atoms with E-state index in [1.54, 1.807) is 11.3 Å². The molecule has 0 aliphatic heterocycles. The molecular weight excluding hydrogens is 713 g/mol. The van der Waals surface area contributed by atoms with Crippen LogP contribution in [0.3, 0.4) is 0 Å². The van der Waals surface area contributed by atoms with Gasteiger partial charge in [0.05, 0.1) is 10.2 Å². The Morgan fingerprint density at radius 1 is 0.386 bits per heavy atom. The zero-order chi connectivity index (χ0) is 37.7. The number of anilines is 3. The number of aromatic nitrogens is 1. The Hall–Kier alpha value is -7.27. The normalized spacial score (nSPS) is 11.5. The largest absolute Gasteiger partial charge is 0.456 e. The highest BCUT2D eigenvalue weighted by Gasteiger charge is 2.20. The van der Waals surface area contributed by atoms with Crippen LogP contribution in [0.4, 0.5) is 17.1 Å². The summed E-state index contributed by atoms with van der Waals surface area (Å²) in [6.07, 6.45) is 0. The fraction of sp³-hybridized carbons (Fsp3) is 0. The van der Waals surface area contributed by atoms with E-state index in [0.717, 1.165) is 59.8 Å². The lowest BCUT2D eigenvalue weighted by atomic mass is 9.90. The van der Waals surface area contributed by atoms with E-state index in [9.17, 15) is 0 Å². The van der Waals surface area contributed by atoms with Crippen LogP contribution < -0.4 is 4.90 Å². The van der Waals surface area contributed by atoms with E-state index in [2.05, 4.69) is 205 Å². The van der Waals surface area contributed by atoms with E-state index in [4.69, 9.17) is 9.40 Å². The fourth-order valence-electron chi connectivity index (χ4n) is 8.13. The topological polar surface area (TPSA) is 29.3 Å². The molecule has 0 radical (unpaired) electrons. The first-order chi connectivity index (χ1) is 28.2. The standard InChI is InChI=1S/C53H34N2OS/c1-4-13-35(14-5-1)36-23-25-40(26-24-36)55(41-27-29-44(37-15-6-2-7-16-37)46(31-41)45-22-12-20-38-17-10-11-21-43(38)45)42-28-30-50-47(32-42)48-33-49-52(34-51(48)56-50)57-53(54-49)39-18-8-3-9-19-39/h1-34H. The van der Waals surface area contributed by atoms with E-state index < -0.39 is 0 Å². The Kier molecular flexibility index (Phi) is 8.01. The monoisotopic (exact) mass is 746 g/mol. The van der Waals surface area contributed by atoms with Gasteiger partial charge in [-0.1, -0.05) is 152 Å². The lowest BCUT2D eigenvalue weighted by Gasteiger charge is -2.27. The Morgan fingerprint density at radius 2 is 1.00 bits per heavy atom. The van der Waals surface area contributed by atoms with Gasteiger partial charge in [-0.15, -0.1) is 11.3 Å². The molecule has 3 nitrogen and oxygen atoms in total. The SMILES string of the molecule is c1ccc(-c2ccc(N(c3ccc(-c4ccccc4)c(-c4cccc5ccccc45)c3)c3ccc4oc5cc6sc(-c7ccccc7)nc6cc5c4c3)cc2)cc1. The molecule has 2 aromatic heterocycles. The predicted octanol–water partition coefficient (Wildman–Crippen LogP) is 15.5. The van der Waals surface area contributed by atoms with Gasteiger partial charge in [-0.3, -0.25) is 0 Å². The molecule has 0 fully saturated rings. The van der Waals surface area contributed by atoms with Crippen LogP contribution in [-0.2, 0) is 0 Å². The Bertz CT molecular complexity index is 3220. The molecular formula is C53H34N2OS. The quantitative estimate of drug-likeness (QED) is 0.163. The molecule has 57 heavy (non-hydrogen) atoms. The molecule has 11 aromatic rings. The second-order valence-electron chi connectivity index (χ2n) is 14.4. The Balaban J connectivity index is 1.11. The van der Waals surface area contributed by atoms with Crippen LogP contribution in [0.5, 0.6) is 0 Å². The van der Waals surface area contributed by atoms with Crippen molar-refractivity contribution in [2.45, 2.75) is 0 Å². The zero-order valence-electron chi connectivity index (χ0n) is 30.8. The predicted molar refractivity (Wildman–Crippen MR) is 241 cm³/mol. The Morgan fingerprint density at radius 3 is 1.79 bits per heavy atom. The highest BCUT2D eigenvalue weighted by molar-refractivity contribution is 7.21. The second kappa shape index (κ2) is 13.8. The number of fused-ring (bicyclic) bond motifs is 5. The van der Waals surface area contributed by atoms with Gasteiger partial charge in [0, 0.05) is 39.5 Å². The number of furan rings is 1. The summed E-state index contributed by atoms with van der Waals surface area (Å²) in [7, 11) is 0. The first-order valence-corrected chi connectivity index (χ1v) is 20.0. The minimum atomic E-state index is 0.852. The van der Waals surface area contributed by atoms with Crippen LogP contribution >= 0.6 is 11.3 Å². The molecule has 268 valence electrons. The van der Waals surface area contributed by atoms with Crippen molar-refractivity contribution in [3.63, 3.8) is 0 Å². The van der Waals surface area contributed by atoms with E-state index in [-0.39, 0.29) is 0 Å². The molecule has 0 atom stereocenters. The van der Waals surface area contributed by atoms with E-state index in [0.29, 0.717) is 0 Å². The van der Waals surface area contributed by atoms with Crippen molar-refractivity contribution in [1.82, 2.24) is 4.98 Å². The third kappa shape index (κ3) is 5.95. The van der Waals surface area contributed by atoms with Crippen molar-refractivity contribution in [1.29, 1.82) is 0 Å². The molecule has 0 spiro atoms. The maximum Gasteiger partial charge on any atom is 0.136 e. The van der Waals surface area contributed by atoms with Crippen LogP contribution in [0.15, 0.2) is 211 Å². The molecule has 0 saturated carbocycles. The molecule has 11 rings (SSSR count). The minimum absolute atomic E-state index is 0.852. The van der Waals surface area contributed by atoms with Gasteiger partial charge in [0.1, 0.15) is 16.2 Å². The lowest BCUT2D eigenvalue weighted by Crippen LogP contribution is -2.10. The number of hydrogen-bond donors (Lipinski definition) is 0. The van der Waals surface area contributed by atoms with Gasteiger partial charge >= 0.3 is 0 Å². The molecule has 0 amide bonds. The van der Waals surface area contributed by atoms with Gasteiger partial charge in [-0.25, -0.2) is 4.98 Å². The van der Waals surface area contributed by atoms with E-state index in [1.165, 1.54) is 44.2 Å². The number of nitrogens with zero attached hydrogens (tertiary/aromatic N) is 2. The summed E-state index contributed by atoms with van der Waals surface area (Å²) >= 11 is 1.70. The maximum absolute atomic E-state index is 6.53. The van der Waals surface area contributed by atoms with E-state index >= 15 is 0 Å². The van der Waals surface area contributed by atoms with Crippen molar-refractivity contribution >= 4 is 71.3 Å². The molecule has 0 aliphatic carbocycles. The average molecular weight is 747 g/mol. The summed E-state index contributed by atoms with van der Waals surface area (Å²) in [5.74, 6) is 0. The summed E-state index contributed by atoms with van der Waals surface area (Å²) in [4.78, 5) is 7.43. The minimum Gasteiger partial charge on any atom is -0.456 e. The molecule has 0 unspecified atom stereocenters. The van der Waals surface area contributed by atoms with Crippen LogP contribution in [0.1, 0.15) is 0 Å². The second-order valence-corrected chi connectivity index (χ2v) is 15.4. The van der Waals surface area contributed by atoms with Crippen molar-refractivity contribution in [3.05, 3.63) is 206 Å². The van der Waals surface area contributed by atoms with Gasteiger partial charge in [0.2, 0.25) is 0 Å². The van der Waals surface area contributed by atoms with Gasteiger partial charge in [0.25, 0.3) is 0 Å². The Labute approximate surface area is 334 Å². The average Bonchev–Trinajstić information content (AvgIpc) is 3.87. The third-order valence-electron chi connectivity index (χ3n) is 10.9. The van der Waals surface area contributed by atoms with Gasteiger partial charge in [-0.2, -0.15) is 0 Å². The summed E-state index contributed by atoms with van der Waals surface area (Å²) in [6.45, 7) is 0. The van der Waals surface area contributed by atoms with Gasteiger partial charge < -0.3 is 9.32 Å². The summed E-state index contributed by atoms with van der Waals surface area (Å²) in [5, 5.41) is 5.56. The van der Waals surface area contributed by atoms with Crippen LogP contribution in [0.2, 0.25) is 0 Å². The van der Waals surface area contributed by atoms with Crippen LogP contribution in [0.25, 0.3) is 86.9 Å². The highest BCUT2D eigenvalue weighted by atomic mass is 32.1. The molecule has 0 aliphatic rings. The van der Waals surface area contributed by atoms with Gasteiger partial charge in [0.15, 0.2) is 0 Å². The smallest absolute Gasteiger partial charge is 0.136 e. The summed E-state index contributed by atoms with van der Waals surface area (Å²) in [5.41, 5.74) is 14.1. The van der Waals surface area contributed by atoms with Crippen molar-refractivity contribution in [3.8, 4) is 44.0 Å². The number of rotatable bonds is 7. The van der Waals surface area contributed by atoms with E-state index in [1.807, 2.05) is 6.07 Å². The third-order valence-corrected chi connectivity index (χ3v) is 12.0. The summed E-state index contributed by atoms with van der Waals surface area (Å²) < 4.78 is 7.64. The molecule has 0 bridgehead atoms. The first-order valence-electron chi connectivity index (χ1n) is 19.2. The lowest BCUT2D eigenvalue weighted by molar-refractivity contribution is 0.669. The van der Waals surface area contributed by atoms with Crippen molar-refractivity contribution in [2.75, 3.05) is 4.90 Å². The first kappa shape index (κ1) is 33.1. The highest BCUT2D eigenvalue weighted by Crippen LogP contribution is 2.45. The number of hydrogen-bond acceptors (Lipinski definition) is 4. The van der Waals surface area contributed by atoms with Gasteiger partial charge in [-0.05, 0) is 92.7 Å². The van der Waals surface area contributed by atoms with Crippen molar-refractivity contribution in [2.24, 2.45) is 0 Å². The number of benzene rings is 9. The fourth-order valence-corrected chi connectivity index (χ4v) is 9.12. The van der Waals surface area contributed by atoms with Crippen molar-refractivity contribution < 1.29 is 4.42 Å². The molecule has 9 aromatic carbocycles. The molecule has 0 saturated heterocycles. The zero-order valence-corrected chi connectivity index (χ0v) is 31.7. The molecule has 4 heteroatoms. The summed E-state index contributed by atoms with van der Waals surface area (Å²) in [6, 6.07) is 73.6. The molecule has 2 heterocycles. The molecule has 0 N–H and O–H groups in total. The maximum atomic E-state index is 6.53. The van der Waals surface area contributed by atoms with Crippen LogP contribution in [-0.4, -0.2) is 4.98 Å². The number of thiazole rings is 1.